The lowest BCUT2D eigenvalue weighted by molar-refractivity contribution is -0.138. The molecular weight excluding hydrogens is 537 g/mol. The van der Waals surface area contributed by atoms with Crippen LogP contribution in [0.5, 0.6) is 17.2 Å². The second kappa shape index (κ2) is 12.2. The molecule has 0 spiro atoms. The molecule has 2 aromatic rings. The number of aliphatic imine (C=N–C) groups is 1. The van der Waals surface area contributed by atoms with Gasteiger partial charge >= 0.3 is 6.18 Å². The van der Waals surface area contributed by atoms with Crippen LogP contribution in [0, 0.1) is 11.3 Å². The Balaban J connectivity index is 1.41. The molecule has 0 aliphatic carbocycles. The molecule has 0 radical (unpaired) electrons. The third kappa shape index (κ3) is 7.10. The monoisotopic (exact) mass is 560 g/mol. The van der Waals surface area contributed by atoms with Crippen LogP contribution in [-0.2, 0) is 20.5 Å². The fourth-order valence-electron chi connectivity index (χ4n) is 3.77. The number of ether oxygens (including phenoxy) is 3. The summed E-state index contributed by atoms with van der Waals surface area (Å²) in [6.45, 7) is 2.48. The number of nitrogens with one attached hydrogen (secondary N) is 1. The first-order valence-corrected chi connectivity index (χ1v) is 12.6. The van der Waals surface area contributed by atoms with Gasteiger partial charge in [-0.25, -0.2) is 0 Å². The second-order valence-corrected chi connectivity index (χ2v) is 9.37. The number of hydrogen-bond donors (Lipinski definition) is 1. The van der Waals surface area contributed by atoms with E-state index in [4.69, 9.17) is 19.5 Å². The molecule has 13 heteroatoms. The van der Waals surface area contributed by atoms with Crippen molar-refractivity contribution in [3.63, 3.8) is 0 Å². The van der Waals surface area contributed by atoms with Crippen molar-refractivity contribution < 1.29 is 37.0 Å². The maximum atomic E-state index is 13.5. The fraction of sp³-hybridized carbons (Fsp3) is 0.308. The molecule has 2 heterocycles. The number of morpholine rings is 1. The van der Waals surface area contributed by atoms with E-state index in [1.54, 1.807) is 23.1 Å². The van der Waals surface area contributed by atoms with Crippen LogP contribution < -0.4 is 14.8 Å². The normalized spacial score (nSPS) is 16.6. The predicted octanol–water partition coefficient (Wildman–Crippen LogP) is 4.19. The predicted molar refractivity (Wildman–Crippen MR) is 137 cm³/mol. The van der Waals surface area contributed by atoms with Crippen LogP contribution in [0.2, 0.25) is 0 Å². The summed E-state index contributed by atoms with van der Waals surface area (Å²) in [5.74, 6) is -0.798. The van der Waals surface area contributed by atoms with Crippen molar-refractivity contribution in [2.45, 2.75) is 12.6 Å². The Bertz CT molecular complexity index is 1360. The lowest BCUT2D eigenvalue weighted by Crippen LogP contribution is -2.41. The number of nitrogens with zero attached hydrogens (tertiary/aromatic N) is 3. The third-order valence-electron chi connectivity index (χ3n) is 5.72. The van der Waals surface area contributed by atoms with Gasteiger partial charge in [0.1, 0.15) is 5.75 Å². The Kier molecular flexibility index (Phi) is 8.78. The maximum absolute atomic E-state index is 13.5. The van der Waals surface area contributed by atoms with Crippen molar-refractivity contribution in [1.82, 2.24) is 10.2 Å². The summed E-state index contributed by atoms with van der Waals surface area (Å²) in [5.41, 5.74) is -0.710. The number of carbonyl (C=O) groups excluding carboxylic acids is 2. The highest BCUT2D eigenvalue weighted by Crippen LogP contribution is 2.41. The molecule has 0 unspecified atom stereocenters. The molecule has 9 nitrogen and oxygen atoms in total. The number of amidine groups is 1. The molecule has 2 aliphatic rings. The molecule has 1 N–H and O–H groups in total. The number of rotatable bonds is 7. The highest BCUT2D eigenvalue weighted by Gasteiger charge is 2.35. The number of nitriles is 1. The van der Waals surface area contributed by atoms with Crippen LogP contribution in [0.4, 0.5) is 13.2 Å². The van der Waals surface area contributed by atoms with Crippen molar-refractivity contribution in [3.05, 3.63) is 58.0 Å². The van der Waals surface area contributed by atoms with E-state index in [9.17, 15) is 22.8 Å². The number of amides is 2. The van der Waals surface area contributed by atoms with Crippen molar-refractivity contribution in [3.8, 4) is 23.3 Å². The Morgan fingerprint density at radius 3 is 2.64 bits per heavy atom. The minimum absolute atomic E-state index is 0.00532. The number of alkyl halides is 3. The van der Waals surface area contributed by atoms with Crippen LogP contribution in [0.1, 0.15) is 23.1 Å². The van der Waals surface area contributed by atoms with Gasteiger partial charge in [0.15, 0.2) is 16.7 Å². The van der Waals surface area contributed by atoms with E-state index in [1.165, 1.54) is 25.3 Å². The molecular formula is C26H23F3N4O5S. The first kappa shape index (κ1) is 28.0. The fourth-order valence-corrected chi connectivity index (χ4v) is 4.61. The van der Waals surface area contributed by atoms with Crippen molar-refractivity contribution in [2.24, 2.45) is 4.99 Å². The summed E-state index contributed by atoms with van der Waals surface area (Å²) < 4.78 is 56.6. The summed E-state index contributed by atoms with van der Waals surface area (Å²) in [4.78, 5) is 30.7. The van der Waals surface area contributed by atoms with E-state index in [2.05, 4.69) is 10.3 Å². The number of halogens is 3. The average molecular weight is 561 g/mol. The molecule has 0 atom stereocenters. The van der Waals surface area contributed by atoms with Crippen LogP contribution in [0.15, 0.2) is 46.3 Å². The molecule has 0 bridgehead atoms. The zero-order valence-electron chi connectivity index (χ0n) is 20.7. The molecule has 39 heavy (non-hydrogen) atoms. The van der Waals surface area contributed by atoms with E-state index >= 15 is 0 Å². The average Bonchev–Trinajstić information content (AvgIpc) is 3.27. The van der Waals surface area contributed by atoms with Crippen molar-refractivity contribution in [2.75, 3.05) is 40.0 Å². The lowest BCUT2D eigenvalue weighted by Gasteiger charge is -2.26. The second-order valence-electron chi connectivity index (χ2n) is 8.34. The Hall–Kier alpha value is -4.02. The summed E-state index contributed by atoms with van der Waals surface area (Å²) in [5, 5.41) is 12.3. The van der Waals surface area contributed by atoms with Crippen LogP contribution in [0.3, 0.4) is 0 Å². The van der Waals surface area contributed by atoms with Crippen molar-refractivity contribution in [1.29, 1.82) is 5.26 Å². The highest BCUT2D eigenvalue weighted by molar-refractivity contribution is 8.18. The van der Waals surface area contributed by atoms with Gasteiger partial charge in [-0.15, -0.1) is 0 Å². The van der Waals surface area contributed by atoms with Crippen LogP contribution in [-0.4, -0.2) is 61.8 Å². The summed E-state index contributed by atoms with van der Waals surface area (Å²) in [6, 6.07) is 9.19. The van der Waals surface area contributed by atoms with Gasteiger partial charge in [-0.3, -0.25) is 9.59 Å². The number of benzene rings is 2. The number of hydrogen-bond acceptors (Lipinski definition) is 8. The summed E-state index contributed by atoms with van der Waals surface area (Å²) in [6.07, 6.45) is -2.92. The SMILES string of the molecule is COc1cc(/C=C2\SC(NCCC(=O)N3CCOCC3)=NC2=O)ccc1Oc1ccc(C#N)cc1C(F)(F)F. The van der Waals surface area contributed by atoms with E-state index < -0.39 is 23.4 Å². The molecule has 4 rings (SSSR count). The minimum Gasteiger partial charge on any atom is -0.493 e. The van der Waals surface area contributed by atoms with Gasteiger partial charge in [-0.1, -0.05) is 6.07 Å². The molecule has 1 saturated heterocycles. The molecule has 2 aromatic carbocycles. The topological polar surface area (TPSA) is 113 Å². The first-order chi connectivity index (χ1) is 18.7. The lowest BCUT2D eigenvalue weighted by atomic mass is 10.1. The number of thioether (sulfide) groups is 1. The Morgan fingerprint density at radius 1 is 1.21 bits per heavy atom. The van der Waals surface area contributed by atoms with Gasteiger partial charge in [0.2, 0.25) is 5.91 Å². The van der Waals surface area contributed by atoms with Crippen molar-refractivity contribution >= 4 is 34.8 Å². The van der Waals surface area contributed by atoms with Gasteiger partial charge in [0.25, 0.3) is 5.91 Å². The molecule has 2 aliphatic heterocycles. The standard InChI is InChI=1S/C26H23F3N4O5S/c1-36-21-13-16(2-5-20(21)38-19-4-3-17(15-30)12-18(19)26(27,28)29)14-22-24(35)32-25(39-22)31-7-6-23(34)33-8-10-37-11-9-33/h2-5,12-14H,6-11H2,1H3,(H,31,32,35)/b22-14-. The maximum Gasteiger partial charge on any atom is 0.420 e. The quantitative estimate of drug-likeness (QED) is 0.502. The molecule has 1 fully saturated rings. The molecule has 204 valence electrons. The zero-order valence-corrected chi connectivity index (χ0v) is 21.5. The summed E-state index contributed by atoms with van der Waals surface area (Å²) in [7, 11) is 1.33. The Labute approximate surface area is 226 Å². The van der Waals surface area contributed by atoms with Gasteiger partial charge in [-0.2, -0.15) is 23.4 Å². The number of carbonyl (C=O) groups is 2. The van der Waals surface area contributed by atoms with E-state index in [0.29, 0.717) is 54.6 Å². The van der Waals surface area contributed by atoms with Crippen LogP contribution >= 0.6 is 11.8 Å². The zero-order chi connectivity index (χ0) is 28.0. The smallest absolute Gasteiger partial charge is 0.420 e. The van der Waals surface area contributed by atoms with E-state index in [0.717, 1.165) is 17.8 Å². The first-order valence-electron chi connectivity index (χ1n) is 11.8. The molecule has 0 aromatic heterocycles. The van der Waals surface area contributed by atoms with Gasteiger partial charge < -0.3 is 24.4 Å². The van der Waals surface area contributed by atoms with Gasteiger partial charge in [0.05, 0.1) is 42.4 Å². The largest absolute Gasteiger partial charge is 0.493 e. The number of methoxy groups -OCH3 is 1. The molecule has 0 saturated carbocycles. The Morgan fingerprint density at radius 2 is 1.95 bits per heavy atom. The van der Waals surface area contributed by atoms with E-state index in [-0.39, 0.29) is 29.4 Å². The third-order valence-corrected chi connectivity index (χ3v) is 6.66. The van der Waals surface area contributed by atoms with Gasteiger partial charge in [-0.05, 0) is 53.7 Å². The van der Waals surface area contributed by atoms with Gasteiger partial charge in [0, 0.05) is 26.1 Å². The summed E-state index contributed by atoms with van der Waals surface area (Å²) >= 11 is 1.11. The highest BCUT2D eigenvalue weighted by atomic mass is 32.2. The van der Waals surface area contributed by atoms with E-state index in [1.807, 2.05) is 0 Å². The minimum atomic E-state index is -4.73. The van der Waals surface area contributed by atoms with Crippen LogP contribution in [0.25, 0.3) is 6.08 Å². The molecule has 2 amide bonds.